The minimum atomic E-state index is -2.87. The van der Waals surface area contributed by atoms with E-state index < -0.39 is 35.6 Å². The molecule has 0 spiro atoms. The molecule has 0 aliphatic carbocycles. The van der Waals surface area contributed by atoms with E-state index >= 15 is 0 Å². The zero-order chi connectivity index (χ0) is 33.7. The molecule has 13 heteroatoms. The van der Waals surface area contributed by atoms with Gasteiger partial charge in [-0.3, -0.25) is 9.88 Å². The average molecular weight is 627 g/mol. The first-order valence-corrected chi connectivity index (χ1v) is 14.0. The van der Waals surface area contributed by atoms with Crippen molar-refractivity contribution in [2.45, 2.75) is 59.7 Å². The van der Waals surface area contributed by atoms with Crippen LogP contribution < -0.4 is 4.90 Å². The second-order valence-corrected chi connectivity index (χ2v) is 11.9. The van der Waals surface area contributed by atoms with Crippen LogP contribution in [0.5, 0.6) is 0 Å². The number of anilines is 1. The van der Waals surface area contributed by atoms with Crippen molar-refractivity contribution in [1.82, 2.24) is 24.6 Å². The average Bonchev–Trinajstić information content (AvgIpc) is 3.41. The van der Waals surface area contributed by atoms with Gasteiger partial charge < -0.3 is 14.4 Å². The molecule has 2 aliphatic rings. The van der Waals surface area contributed by atoms with Crippen LogP contribution in [0.15, 0.2) is 65.1 Å². The quantitative estimate of drug-likeness (QED) is 0.295. The zero-order valence-corrected chi connectivity index (χ0v) is 25.6. The zero-order valence-electron chi connectivity index (χ0n) is 26.9. The monoisotopic (exact) mass is 626 g/mol. The highest BCUT2D eigenvalue weighted by atomic mass is 35.5. The lowest BCUT2D eigenvalue weighted by molar-refractivity contribution is -0.0281. The van der Waals surface area contributed by atoms with Crippen molar-refractivity contribution in [3.8, 4) is 5.82 Å². The number of likely N-dealkylation sites (tertiary alicyclic amines) is 1. The number of rotatable bonds is 6. The van der Waals surface area contributed by atoms with Crippen LogP contribution in [-0.2, 0) is 20.8 Å². The minimum absolute atomic E-state index is 0.158. The highest BCUT2D eigenvalue weighted by Gasteiger charge is 2.43. The maximum absolute atomic E-state index is 14.3. The van der Waals surface area contributed by atoms with Crippen molar-refractivity contribution in [3.63, 3.8) is 0 Å². The highest BCUT2D eigenvalue weighted by molar-refractivity contribution is 6.33. The van der Waals surface area contributed by atoms with Crippen LogP contribution in [0.1, 0.15) is 60.4 Å². The standard InChI is InChI=1S/C31H31ClF2N6O4/c1-17-12-36-27(39-8-7-22(37-39)29-18(2)14-38(29)30(42)44-31(4,5)6)11-24(17)40-19(3)9-26(28(32)25(40)15-41)43-16-23-21(34)10-20(33)13-35-23/h7-13,18,29H,14,16H2,1-6H3/i16D2. The number of nitrogens with zero attached hydrogens (tertiary/aromatic N) is 6. The molecule has 2 atom stereocenters. The van der Waals surface area contributed by atoms with Crippen molar-refractivity contribution in [2.24, 2.45) is 5.92 Å². The van der Waals surface area contributed by atoms with Gasteiger partial charge in [0.25, 0.3) is 0 Å². The molecule has 3 aromatic rings. The summed E-state index contributed by atoms with van der Waals surface area (Å²) in [6.45, 7) is 8.53. The Morgan fingerprint density at radius 1 is 1.23 bits per heavy atom. The number of aromatic nitrogens is 4. The first kappa shape index (κ1) is 28.2. The Labute approximate surface area is 261 Å². The smallest absolute Gasteiger partial charge is 0.410 e. The molecule has 5 heterocycles. The molecule has 0 saturated carbocycles. The summed E-state index contributed by atoms with van der Waals surface area (Å²) in [6.07, 6.45) is 4.92. The summed E-state index contributed by atoms with van der Waals surface area (Å²) in [6, 6.07) is 3.69. The SMILES string of the molecule is [2H]C([2H])(OC1=C(Cl)C(=C=O)N(c2cc(-n3ccc(C4C(C)CN4C(=O)OC(C)(C)C)n3)ncc2C)C(C)=C1)c1ncc(F)cc1F. The van der Waals surface area contributed by atoms with E-state index in [1.807, 2.05) is 27.7 Å². The van der Waals surface area contributed by atoms with Crippen molar-refractivity contribution in [1.29, 1.82) is 0 Å². The fourth-order valence-corrected chi connectivity index (χ4v) is 5.14. The summed E-state index contributed by atoms with van der Waals surface area (Å²) in [5.41, 5.74) is 0.568. The van der Waals surface area contributed by atoms with E-state index in [4.69, 9.17) is 28.9 Å². The van der Waals surface area contributed by atoms with Crippen LogP contribution >= 0.6 is 11.6 Å². The number of ether oxygens (including phenoxy) is 2. The van der Waals surface area contributed by atoms with E-state index in [0.717, 1.165) is 0 Å². The maximum atomic E-state index is 14.3. The molecule has 3 aromatic heterocycles. The summed E-state index contributed by atoms with van der Waals surface area (Å²) in [7, 11) is 0. The van der Waals surface area contributed by atoms with Crippen LogP contribution in [0, 0.1) is 24.5 Å². The number of allylic oxidation sites excluding steroid dienone is 3. The molecule has 0 radical (unpaired) electrons. The van der Waals surface area contributed by atoms with Gasteiger partial charge in [-0.15, -0.1) is 0 Å². The van der Waals surface area contributed by atoms with Crippen molar-refractivity contribution < 1.29 is 30.6 Å². The number of pyridine rings is 2. The summed E-state index contributed by atoms with van der Waals surface area (Å²) in [5, 5.41) is 4.40. The van der Waals surface area contributed by atoms with Crippen molar-refractivity contribution in [2.75, 3.05) is 11.4 Å². The first-order valence-electron chi connectivity index (χ1n) is 14.7. The van der Waals surface area contributed by atoms with Gasteiger partial charge >= 0.3 is 6.09 Å². The lowest BCUT2D eigenvalue weighted by Gasteiger charge is -2.45. The van der Waals surface area contributed by atoms with Gasteiger partial charge in [0, 0.05) is 48.8 Å². The summed E-state index contributed by atoms with van der Waals surface area (Å²) in [4.78, 5) is 36.2. The molecule has 5 rings (SSSR count). The third-order valence-corrected chi connectivity index (χ3v) is 7.30. The molecule has 2 aliphatic heterocycles. The van der Waals surface area contributed by atoms with E-state index in [0.29, 0.717) is 47.3 Å². The van der Waals surface area contributed by atoms with Crippen molar-refractivity contribution >= 4 is 29.3 Å². The molecule has 2 unspecified atom stereocenters. The molecule has 10 nitrogen and oxygen atoms in total. The van der Waals surface area contributed by atoms with Crippen molar-refractivity contribution in [3.05, 3.63) is 93.6 Å². The Bertz CT molecular complexity index is 1830. The van der Waals surface area contributed by atoms with Crippen LogP contribution in [0.25, 0.3) is 5.82 Å². The van der Waals surface area contributed by atoms with Gasteiger partial charge in [0.05, 0.1) is 26.4 Å². The number of amides is 1. The molecule has 0 bridgehead atoms. The first-order chi connectivity index (χ1) is 21.5. The predicted molar refractivity (Wildman–Crippen MR) is 158 cm³/mol. The summed E-state index contributed by atoms with van der Waals surface area (Å²) in [5.74, 6) is -0.166. The summed E-state index contributed by atoms with van der Waals surface area (Å²) < 4.78 is 56.6. The number of carbonyl (C=O) groups excluding carboxylic acids is 2. The molecule has 0 N–H and O–H groups in total. The van der Waals surface area contributed by atoms with Gasteiger partial charge in [-0.1, -0.05) is 18.5 Å². The Balaban J connectivity index is 1.43. The molecule has 1 amide bonds. The van der Waals surface area contributed by atoms with E-state index in [1.54, 1.807) is 53.9 Å². The molecule has 0 aromatic carbocycles. The second kappa shape index (κ2) is 11.9. The largest absolute Gasteiger partial charge is 0.485 e. The second-order valence-electron chi connectivity index (χ2n) is 11.5. The fourth-order valence-electron chi connectivity index (χ4n) is 4.92. The van der Waals surface area contributed by atoms with Gasteiger partial charge in [0.2, 0.25) is 0 Å². The number of halogens is 3. The van der Waals surface area contributed by atoms with Gasteiger partial charge in [0.1, 0.15) is 34.5 Å². The summed E-state index contributed by atoms with van der Waals surface area (Å²) >= 11 is 6.53. The number of aryl methyl sites for hydroxylation is 1. The Kier molecular flexibility index (Phi) is 7.61. The molecule has 44 heavy (non-hydrogen) atoms. The lowest BCUT2D eigenvalue weighted by Crippen LogP contribution is -2.53. The predicted octanol–water partition coefficient (Wildman–Crippen LogP) is 6.28. The molecular weight excluding hydrogens is 594 g/mol. The van der Waals surface area contributed by atoms with E-state index in [9.17, 15) is 18.4 Å². The lowest BCUT2D eigenvalue weighted by atomic mass is 9.88. The number of hydrogen-bond acceptors (Lipinski definition) is 8. The molecular formula is C31H31ClF2N6O4. The fraction of sp³-hybridized carbons (Fsp3) is 0.355. The van der Waals surface area contributed by atoms with Crippen LogP contribution in [-0.4, -0.2) is 48.8 Å². The van der Waals surface area contributed by atoms with Gasteiger partial charge in [-0.05, 0) is 46.2 Å². The number of carbonyl (C=O) groups is 1. The normalized spacial score (nSPS) is 19.6. The van der Waals surface area contributed by atoms with Crippen LogP contribution in [0.3, 0.4) is 0 Å². The van der Waals surface area contributed by atoms with Crippen LogP contribution in [0.2, 0.25) is 0 Å². The number of hydrogen-bond donors (Lipinski definition) is 0. The molecule has 1 saturated heterocycles. The van der Waals surface area contributed by atoms with Crippen LogP contribution in [0.4, 0.5) is 19.3 Å². The minimum Gasteiger partial charge on any atom is -0.485 e. The van der Waals surface area contributed by atoms with Gasteiger partial charge in [-0.25, -0.2) is 28.0 Å². The topological polar surface area (TPSA) is 103 Å². The third kappa shape index (κ3) is 6.09. The Morgan fingerprint density at radius 2 is 1.98 bits per heavy atom. The van der Waals surface area contributed by atoms with Gasteiger partial charge in [0.15, 0.2) is 23.3 Å². The Morgan fingerprint density at radius 3 is 2.64 bits per heavy atom. The Hall–Kier alpha value is -4.54. The van der Waals surface area contributed by atoms with E-state index in [-0.39, 0.29) is 28.4 Å². The van der Waals surface area contributed by atoms with E-state index in [2.05, 4.69) is 9.97 Å². The third-order valence-electron chi connectivity index (χ3n) is 6.94. The van der Waals surface area contributed by atoms with E-state index in [1.165, 1.54) is 11.0 Å². The highest BCUT2D eigenvalue weighted by Crippen LogP contribution is 2.40. The van der Waals surface area contributed by atoms with Gasteiger partial charge in [-0.2, -0.15) is 5.10 Å². The molecule has 230 valence electrons. The maximum Gasteiger partial charge on any atom is 0.410 e. The molecule has 1 fully saturated rings.